The Balaban J connectivity index is 1.33. The number of benzene rings is 5. The van der Waals surface area contributed by atoms with Gasteiger partial charge in [0.25, 0.3) is 0 Å². The van der Waals surface area contributed by atoms with Gasteiger partial charge < -0.3 is 4.74 Å². The number of hydrogen-bond donors (Lipinski definition) is 0. The molecular weight excluding hydrogens is 526 g/mol. The number of ether oxygens (including phenoxy) is 1. The van der Waals surface area contributed by atoms with E-state index in [9.17, 15) is 0 Å². The van der Waals surface area contributed by atoms with E-state index in [0.29, 0.717) is 0 Å². The van der Waals surface area contributed by atoms with Crippen LogP contribution in [0.2, 0.25) is 0 Å². The first kappa shape index (κ1) is 22.9. The Kier molecular flexibility index (Phi) is 4.35. The maximum absolute atomic E-state index is 6.89. The van der Waals surface area contributed by atoms with E-state index in [2.05, 4.69) is 166 Å². The predicted molar refractivity (Wildman–Crippen MR) is 166 cm³/mol. The topological polar surface area (TPSA) is 21.9 Å². The van der Waals surface area contributed by atoms with Crippen LogP contribution in [0.25, 0.3) is 50.3 Å². The van der Waals surface area contributed by atoms with Crippen LogP contribution in [0, 0.1) is 0 Å². The van der Waals surface area contributed by atoms with Crippen LogP contribution in [0.1, 0.15) is 11.1 Å². The van der Waals surface area contributed by atoms with E-state index < -0.39 is 5.66 Å². The molecule has 1 atom stereocenters. The summed E-state index contributed by atoms with van der Waals surface area (Å²) < 4.78 is 14.0. The standard InChI is InChI=1S/C39H25N3O/c1-3-11-26(12-4-1)27-18-20-28(21-19-27)30-25-34-38-36(35(30)29-13-5-2-6-14-29)31-15-7-8-22-40(31)39(38)37-32(16-9-17-33(37)43-34)41-23-10-24-42(39)41/h1-25H/q+2. The van der Waals surface area contributed by atoms with E-state index in [0.717, 1.165) is 28.3 Å². The fourth-order valence-electron chi connectivity index (χ4n) is 7.65. The van der Waals surface area contributed by atoms with Crippen molar-refractivity contribution >= 4 is 0 Å². The first-order chi connectivity index (χ1) is 21.3. The van der Waals surface area contributed by atoms with Crippen molar-refractivity contribution in [3.8, 4) is 61.8 Å². The Morgan fingerprint density at radius 1 is 0.535 bits per heavy atom. The summed E-state index contributed by atoms with van der Waals surface area (Å²) in [6, 6.07) is 47.6. The monoisotopic (exact) mass is 551 g/mol. The number of rotatable bonds is 3. The number of aromatic nitrogens is 3. The minimum atomic E-state index is -0.589. The molecule has 0 radical (unpaired) electrons. The third-order valence-electron chi connectivity index (χ3n) is 9.31. The summed E-state index contributed by atoms with van der Waals surface area (Å²) >= 11 is 0. The molecule has 4 nitrogen and oxygen atoms in total. The lowest BCUT2D eigenvalue weighted by Crippen LogP contribution is -2.73. The van der Waals surface area contributed by atoms with Gasteiger partial charge in [0.15, 0.2) is 17.3 Å². The van der Waals surface area contributed by atoms with Gasteiger partial charge in [-0.05, 0) is 56.8 Å². The normalized spacial score (nSPS) is 16.2. The molecule has 0 fully saturated rings. The van der Waals surface area contributed by atoms with Crippen LogP contribution in [0.15, 0.2) is 152 Å². The van der Waals surface area contributed by atoms with Gasteiger partial charge in [0, 0.05) is 23.8 Å². The van der Waals surface area contributed by atoms with Crippen molar-refractivity contribution in [1.82, 2.24) is 4.68 Å². The van der Waals surface area contributed by atoms with Crippen LogP contribution < -0.4 is 14.0 Å². The molecule has 2 aromatic heterocycles. The van der Waals surface area contributed by atoms with Crippen LogP contribution in [0.4, 0.5) is 0 Å². The highest BCUT2D eigenvalue weighted by atomic mass is 16.5. The second kappa shape index (κ2) is 8.17. The van der Waals surface area contributed by atoms with E-state index in [1.807, 2.05) is 0 Å². The van der Waals surface area contributed by atoms with Gasteiger partial charge in [-0.2, -0.15) is 0 Å². The van der Waals surface area contributed by atoms with Crippen LogP contribution in [0.3, 0.4) is 0 Å². The van der Waals surface area contributed by atoms with Gasteiger partial charge in [-0.3, -0.25) is 0 Å². The Morgan fingerprint density at radius 3 is 2.07 bits per heavy atom. The summed E-state index contributed by atoms with van der Waals surface area (Å²) in [5.41, 5.74) is 12.5. The average molecular weight is 552 g/mol. The van der Waals surface area contributed by atoms with Gasteiger partial charge in [-0.1, -0.05) is 91.0 Å². The molecule has 1 unspecified atom stereocenters. The zero-order chi connectivity index (χ0) is 28.1. The fraction of sp³-hybridized carbons (Fsp3) is 0.0256. The summed E-state index contributed by atoms with van der Waals surface area (Å²) in [5.74, 6) is 1.79. The summed E-state index contributed by atoms with van der Waals surface area (Å²) in [5, 5.41) is 0. The van der Waals surface area contributed by atoms with Crippen molar-refractivity contribution in [3.63, 3.8) is 0 Å². The molecule has 3 aliphatic rings. The van der Waals surface area contributed by atoms with E-state index >= 15 is 0 Å². The molecule has 1 spiro atoms. The highest BCUT2D eigenvalue weighted by Gasteiger charge is 2.72. The SMILES string of the molecule is c1ccc(-c2ccc(-c3cc4c5c(c3-c3ccccc3)-c3cccc[n+]3C53c5c(cccc5-n5ccc[n+]53)O4)cc2)cc1. The van der Waals surface area contributed by atoms with E-state index in [1.54, 1.807) is 0 Å². The third kappa shape index (κ3) is 2.80. The molecule has 0 saturated heterocycles. The molecule has 43 heavy (non-hydrogen) atoms. The molecule has 4 heteroatoms. The number of hydrogen-bond acceptors (Lipinski definition) is 1. The van der Waals surface area contributed by atoms with E-state index in [1.165, 1.54) is 44.6 Å². The maximum atomic E-state index is 6.89. The number of nitrogens with zero attached hydrogens (tertiary/aromatic N) is 3. The molecular formula is C39H25N3O+2. The molecule has 5 heterocycles. The zero-order valence-corrected chi connectivity index (χ0v) is 23.2. The van der Waals surface area contributed by atoms with Crippen molar-refractivity contribution in [2.45, 2.75) is 5.66 Å². The maximum Gasteiger partial charge on any atom is 0.447 e. The molecule has 5 aromatic carbocycles. The number of pyridine rings is 1. The van der Waals surface area contributed by atoms with E-state index in [4.69, 9.17) is 4.74 Å². The van der Waals surface area contributed by atoms with Crippen molar-refractivity contribution in [2.75, 3.05) is 0 Å². The molecule has 0 N–H and O–H groups in total. The molecule has 0 bridgehead atoms. The molecule has 7 aromatic rings. The molecule has 10 rings (SSSR count). The van der Waals surface area contributed by atoms with Gasteiger partial charge in [0.2, 0.25) is 11.9 Å². The van der Waals surface area contributed by atoms with Gasteiger partial charge in [-0.25, -0.2) is 0 Å². The second-order valence-corrected chi connectivity index (χ2v) is 11.4. The lowest BCUT2D eigenvalue weighted by atomic mass is 9.81. The molecule has 0 aliphatic carbocycles. The fourth-order valence-corrected chi connectivity index (χ4v) is 7.65. The molecule has 0 saturated carbocycles. The Bertz CT molecular complexity index is 2250. The summed E-state index contributed by atoms with van der Waals surface area (Å²) in [7, 11) is 0. The van der Waals surface area contributed by atoms with Crippen molar-refractivity contribution < 1.29 is 14.0 Å². The summed E-state index contributed by atoms with van der Waals surface area (Å²) in [4.78, 5) is 0. The summed E-state index contributed by atoms with van der Waals surface area (Å²) in [6.07, 6.45) is 6.56. The molecule has 3 aliphatic heterocycles. The summed E-state index contributed by atoms with van der Waals surface area (Å²) in [6.45, 7) is 0. The van der Waals surface area contributed by atoms with Gasteiger partial charge in [-0.15, -0.1) is 9.25 Å². The van der Waals surface area contributed by atoms with E-state index in [-0.39, 0.29) is 0 Å². The van der Waals surface area contributed by atoms with Crippen LogP contribution in [-0.2, 0) is 5.66 Å². The second-order valence-electron chi connectivity index (χ2n) is 11.4. The zero-order valence-electron chi connectivity index (χ0n) is 23.2. The Labute approximate surface area is 248 Å². The highest BCUT2D eigenvalue weighted by molar-refractivity contribution is 5.98. The Morgan fingerprint density at radius 2 is 1.26 bits per heavy atom. The Hall–Kier alpha value is -5.74. The predicted octanol–water partition coefficient (Wildman–Crippen LogP) is 7.75. The van der Waals surface area contributed by atoms with Crippen LogP contribution in [-0.4, -0.2) is 4.68 Å². The third-order valence-corrected chi connectivity index (χ3v) is 9.31. The van der Waals surface area contributed by atoms with Crippen molar-refractivity contribution in [1.29, 1.82) is 0 Å². The van der Waals surface area contributed by atoms with Crippen molar-refractivity contribution in [3.05, 3.63) is 163 Å². The quantitative estimate of drug-likeness (QED) is 0.206. The smallest absolute Gasteiger partial charge is 0.447 e. The highest BCUT2D eigenvalue weighted by Crippen LogP contribution is 2.59. The number of fused-ring (bicyclic) bond motifs is 4. The average Bonchev–Trinajstić information content (AvgIpc) is 3.76. The van der Waals surface area contributed by atoms with Crippen LogP contribution >= 0.6 is 0 Å². The van der Waals surface area contributed by atoms with Gasteiger partial charge >= 0.3 is 5.66 Å². The minimum Gasteiger partial charge on any atom is -0.455 e. The van der Waals surface area contributed by atoms with Gasteiger partial charge in [0.05, 0.1) is 11.8 Å². The first-order valence-corrected chi connectivity index (χ1v) is 14.7. The molecule has 0 amide bonds. The lowest BCUT2D eigenvalue weighted by Gasteiger charge is -2.25. The lowest BCUT2D eigenvalue weighted by molar-refractivity contribution is -0.988. The minimum absolute atomic E-state index is 0.589. The first-order valence-electron chi connectivity index (χ1n) is 14.7. The van der Waals surface area contributed by atoms with Gasteiger partial charge in [0.1, 0.15) is 17.2 Å². The van der Waals surface area contributed by atoms with Crippen LogP contribution in [0.5, 0.6) is 11.5 Å². The largest absolute Gasteiger partial charge is 0.455 e. The molecule has 200 valence electrons. The van der Waals surface area contributed by atoms with Crippen molar-refractivity contribution in [2.24, 2.45) is 0 Å².